The first-order valence-corrected chi connectivity index (χ1v) is 7.32. The number of carbonyl (C=O) groups is 1. The van der Waals surface area contributed by atoms with Gasteiger partial charge in [0.05, 0.1) is 12.1 Å². The summed E-state index contributed by atoms with van der Waals surface area (Å²) in [5.74, 6) is 0.665. The van der Waals surface area contributed by atoms with Gasteiger partial charge in [0.1, 0.15) is 0 Å². The maximum atomic E-state index is 12.6. The van der Waals surface area contributed by atoms with Crippen LogP contribution < -0.4 is 5.73 Å². The SMILES string of the molecule is CCN(CC1CCOC1)C(=O)C1(N)CCCCC1. The molecule has 1 saturated carbocycles. The van der Waals surface area contributed by atoms with Crippen molar-refractivity contribution in [3.8, 4) is 0 Å². The first kappa shape index (κ1) is 13.8. The van der Waals surface area contributed by atoms with Crippen LogP contribution in [0, 0.1) is 5.92 Å². The van der Waals surface area contributed by atoms with Crippen molar-refractivity contribution in [3.63, 3.8) is 0 Å². The second-order valence-electron chi connectivity index (χ2n) is 5.79. The summed E-state index contributed by atoms with van der Waals surface area (Å²) in [6.07, 6.45) is 6.17. The number of hydrogen-bond acceptors (Lipinski definition) is 3. The molecule has 4 heteroatoms. The van der Waals surface area contributed by atoms with Crippen molar-refractivity contribution in [3.05, 3.63) is 0 Å². The Hall–Kier alpha value is -0.610. The summed E-state index contributed by atoms with van der Waals surface area (Å²) in [6.45, 7) is 5.24. The third-order valence-corrected chi connectivity index (χ3v) is 4.34. The fraction of sp³-hybridized carbons (Fsp3) is 0.929. The molecule has 1 saturated heterocycles. The molecule has 2 N–H and O–H groups in total. The molecule has 0 aromatic heterocycles. The summed E-state index contributed by atoms with van der Waals surface area (Å²) in [6, 6.07) is 0. The minimum Gasteiger partial charge on any atom is -0.381 e. The molecular weight excluding hydrogens is 228 g/mol. The summed E-state index contributed by atoms with van der Waals surface area (Å²) in [4.78, 5) is 14.5. The molecule has 2 rings (SSSR count). The quantitative estimate of drug-likeness (QED) is 0.828. The Morgan fingerprint density at radius 1 is 1.39 bits per heavy atom. The number of likely N-dealkylation sites (N-methyl/N-ethyl adjacent to an activating group) is 1. The Bertz CT molecular complexity index is 282. The molecule has 104 valence electrons. The Morgan fingerprint density at radius 3 is 2.67 bits per heavy atom. The van der Waals surface area contributed by atoms with E-state index in [1.807, 2.05) is 11.8 Å². The zero-order valence-electron chi connectivity index (χ0n) is 11.5. The third-order valence-electron chi connectivity index (χ3n) is 4.34. The number of nitrogens with two attached hydrogens (primary N) is 1. The predicted octanol–water partition coefficient (Wildman–Crippen LogP) is 1.53. The average Bonchev–Trinajstić information content (AvgIpc) is 2.89. The van der Waals surface area contributed by atoms with Gasteiger partial charge in [0, 0.05) is 25.6 Å². The Balaban J connectivity index is 1.95. The van der Waals surface area contributed by atoms with E-state index in [2.05, 4.69) is 0 Å². The lowest BCUT2D eigenvalue weighted by atomic mass is 9.81. The molecule has 0 radical (unpaired) electrons. The van der Waals surface area contributed by atoms with Gasteiger partial charge in [-0.15, -0.1) is 0 Å². The van der Waals surface area contributed by atoms with Gasteiger partial charge in [-0.25, -0.2) is 0 Å². The Kier molecular flexibility index (Phi) is 4.62. The van der Waals surface area contributed by atoms with Crippen molar-refractivity contribution in [2.75, 3.05) is 26.3 Å². The van der Waals surface area contributed by atoms with Crippen LogP contribution in [-0.2, 0) is 9.53 Å². The molecule has 2 fully saturated rings. The van der Waals surface area contributed by atoms with E-state index in [4.69, 9.17) is 10.5 Å². The van der Waals surface area contributed by atoms with Crippen molar-refractivity contribution in [1.29, 1.82) is 0 Å². The standard InChI is InChI=1S/C14H26N2O2/c1-2-16(10-12-6-9-18-11-12)13(17)14(15)7-4-3-5-8-14/h12H,2-11,15H2,1H3. The maximum Gasteiger partial charge on any atom is 0.242 e. The van der Waals surface area contributed by atoms with Crippen molar-refractivity contribution < 1.29 is 9.53 Å². The van der Waals surface area contributed by atoms with Crippen LogP contribution in [0.1, 0.15) is 45.4 Å². The Labute approximate surface area is 110 Å². The molecule has 1 aliphatic heterocycles. The van der Waals surface area contributed by atoms with E-state index in [9.17, 15) is 4.79 Å². The van der Waals surface area contributed by atoms with Gasteiger partial charge < -0.3 is 15.4 Å². The minimum atomic E-state index is -0.590. The van der Waals surface area contributed by atoms with E-state index in [1.165, 1.54) is 6.42 Å². The number of carbonyl (C=O) groups excluding carboxylic acids is 1. The molecule has 0 aromatic carbocycles. The van der Waals surface area contributed by atoms with Gasteiger partial charge in [-0.2, -0.15) is 0 Å². The van der Waals surface area contributed by atoms with Crippen molar-refractivity contribution in [2.24, 2.45) is 11.7 Å². The second-order valence-corrected chi connectivity index (χ2v) is 5.79. The minimum absolute atomic E-state index is 0.164. The van der Waals surface area contributed by atoms with E-state index in [-0.39, 0.29) is 5.91 Å². The molecule has 0 aromatic rings. The molecule has 1 unspecified atom stereocenters. The third kappa shape index (κ3) is 3.04. The summed E-state index contributed by atoms with van der Waals surface area (Å²) in [7, 11) is 0. The van der Waals surface area contributed by atoms with Crippen molar-refractivity contribution >= 4 is 5.91 Å². The highest BCUT2D eigenvalue weighted by molar-refractivity contribution is 5.86. The largest absolute Gasteiger partial charge is 0.381 e. The molecule has 18 heavy (non-hydrogen) atoms. The first-order valence-electron chi connectivity index (χ1n) is 7.32. The zero-order valence-corrected chi connectivity index (χ0v) is 11.5. The van der Waals surface area contributed by atoms with Crippen LogP contribution in [-0.4, -0.2) is 42.6 Å². The first-order chi connectivity index (χ1) is 8.65. The van der Waals surface area contributed by atoms with Gasteiger partial charge in [-0.05, 0) is 26.2 Å². The lowest BCUT2D eigenvalue weighted by molar-refractivity contribution is -0.138. The summed E-state index contributed by atoms with van der Waals surface area (Å²) < 4.78 is 5.38. The number of rotatable bonds is 4. The van der Waals surface area contributed by atoms with Crippen molar-refractivity contribution in [2.45, 2.75) is 51.0 Å². The summed E-state index contributed by atoms with van der Waals surface area (Å²) >= 11 is 0. The topological polar surface area (TPSA) is 55.6 Å². The van der Waals surface area contributed by atoms with E-state index >= 15 is 0 Å². The van der Waals surface area contributed by atoms with Crippen molar-refractivity contribution in [1.82, 2.24) is 4.90 Å². The molecule has 0 spiro atoms. The molecule has 1 aliphatic carbocycles. The molecule has 0 bridgehead atoms. The summed E-state index contributed by atoms with van der Waals surface area (Å²) in [5, 5.41) is 0. The van der Waals surface area contributed by atoms with E-state index in [0.29, 0.717) is 5.92 Å². The van der Waals surface area contributed by atoms with Crippen LogP contribution >= 0.6 is 0 Å². The normalized spacial score (nSPS) is 27.1. The lowest BCUT2D eigenvalue weighted by Crippen LogP contribution is -2.57. The van der Waals surface area contributed by atoms with Crippen LogP contribution in [0.4, 0.5) is 0 Å². The van der Waals surface area contributed by atoms with Gasteiger partial charge in [-0.3, -0.25) is 4.79 Å². The fourth-order valence-electron chi connectivity index (χ4n) is 3.11. The van der Waals surface area contributed by atoms with E-state index in [1.54, 1.807) is 0 Å². The van der Waals surface area contributed by atoms with Crippen LogP contribution in [0.15, 0.2) is 0 Å². The average molecular weight is 254 g/mol. The number of nitrogens with zero attached hydrogens (tertiary/aromatic N) is 1. The number of ether oxygens (including phenoxy) is 1. The second kappa shape index (κ2) is 6.02. The molecule has 1 atom stereocenters. The molecule has 2 aliphatic rings. The maximum absolute atomic E-state index is 12.6. The lowest BCUT2D eigenvalue weighted by Gasteiger charge is -2.37. The molecular formula is C14H26N2O2. The Morgan fingerprint density at radius 2 is 2.11 bits per heavy atom. The smallest absolute Gasteiger partial charge is 0.242 e. The van der Waals surface area contributed by atoms with Crippen LogP contribution in [0.2, 0.25) is 0 Å². The highest BCUT2D eigenvalue weighted by Crippen LogP contribution is 2.28. The molecule has 4 nitrogen and oxygen atoms in total. The van der Waals surface area contributed by atoms with E-state index in [0.717, 1.165) is 58.4 Å². The van der Waals surface area contributed by atoms with Gasteiger partial charge in [0.25, 0.3) is 0 Å². The van der Waals surface area contributed by atoms with Gasteiger partial charge in [0.15, 0.2) is 0 Å². The highest BCUT2D eigenvalue weighted by Gasteiger charge is 2.38. The van der Waals surface area contributed by atoms with Crippen LogP contribution in [0.25, 0.3) is 0 Å². The molecule has 1 amide bonds. The van der Waals surface area contributed by atoms with E-state index < -0.39 is 5.54 Å². The number of hydrogen-bond donors (Lipinski definition) is 1. The van der Waals surface area contributed by atoms with Gasteiger partial charge in [-0.1, -0.05) is 19.3 Å². The van der Waals surface area contributed by atoms with Gasteiger partial charge >= 0.3 is 0 Å². The van der Waals surface area contributed by atoms with Crippen LogP contribution in [0.5, 0.6) is 0 Å². The zero-order chi connectivity index (χ0) is 13.0. The number of amides is 1. The van der Waals surface area contributed by atoms with Gasteiger partial charge in [0.2, 0.25) is 5.91 Å². The summed E-state index contributed by atoms with van der Waals surface area (Å²) in [5.41, 5.74) is 5.74. The fourth-order valence-corrected chi connectivity index (χ4v) is 3.11. The van der Waals surface area contributed by atoms with Crippen LogP contribution in [0.3, 0.4) is 0 Å². The monoisotopic (exact) mass is 254 g/mol. The predicted molar refractivity (Wildman–Crippen MR) is 71.2 cm³/mol. The highest BCUT2D eigenvalue weighted by atomic mass is 16.5. The molecule has 1 heterocycles.